The molecule has 0 aliphatic carbocycles. The first-order valence-electron chi connectivity index (χ1n) is 9.58. The van der Waals surface area contributed by atoms with Crippen molar-refractivity contribution in [3.05, 3.63) is 65.9 Å². The van der Waals surface area contributed by atoms with Gasteiger partial charge in [0.25, 0.3) is 0 Å². The van der Waals surface area contributed by atoms with Crippen LogP contribution in [-0.4, -0.2) is 57.8 Å². The number of hydrogen-bond acceptors (Lipinski definition) is 5. The maximum absolute atomic E-state index is 12.7. The van der Waals surface area contributed by atoms with Crippen LogP contribution in [0.5, 0.6) is 0 Å². The highest BCUT2D eigenvalue weighted by atomic mass is 32.2. The minimum Gasteiger partial charge on any atom is -0.339 e. The fourth-order valence-electron chi connectivity index (χ4n) is 3.55. The number of fused-ring (bicyclic) bond motifs is 1. The molecule has 0 unspecified atom stereocenters. The van der Waals surface area contributed by atoms with Gasteiger partial charge in [0.05, 0.1) is 11.9 Å². The first-order valence-corrected chi connectivity index (χ1v) is 10.6. The maximum Gasteiger partial charge on any atom is 0.233 e. The molecule has 2 heterocycles. The minimum absolute atomic E-state index is 0.176. The highest BCUT2D eigenvalue weighted by Crippen LogP contribution is 2.25. The van der Waals surface area contributed by atoms with Crippen molar-refractivity contribution in [2.24, 2.45) is 0 Å². The van der Waals surface area contributed by atoms with Crippen molar-refractivity contribution in [2.75, 3.05) is 31.9 Å². The van der Waals surface area contributed by atoms with Crippen LogP contribution in [-0.2, 0) is 11.3 Å². The topological polar surface area (TPSA) is 49.3 Å². The van der Waals surface area contributed by atoms with Crippen LogP contribution in [0.15, 0.2) is 59.8 Å². The molecule has 0 bridgehead atoms. The van der Waals surface area contributed by atoms with E-state index in [-0.39, 0.29) is 5.91 Å². The molecule has 0 N–H and O–H groups in total. The summed E-state index contributed by atoms with van der Waals surface area (Å²) in [6, 6.07) is 16.7. The lowest BCUT2D eigenvalue weighted by Gasteiger charge is -2.34. The number of benzene rings is 2. The molecule has 1 saturated heterocycles. The van der Waals surface area contributed by atoms with Gasteiger partial charge in [-0.15, -0.1) is 5.10 Å². The SMILES string of the molecule is Cc1cccc(CN2CCN(C(=O)CSc3nncc4ccccc34)CC2)c1. The van der Waals surface area contributed by atoms with Gasteiger partial charge in [-0.05, 0) is 12.5 Å². The number of aromatic nitrogens is 2. The van der Waals surface area contributed by atoms with Gasteiger partial charge in [-0.1, -0.05) is 65.9 Å². The van der Waals surface area contributed by atoms with Gasteiger partial charge in [-0.3, -0.25) is 9.69 Å². The van der Waals surface area contributed by atoms with E-state index in [1.165, 1.54) is 22.9 Å². The number of thioether (sulfide) groups is 1. The van der Waals surface area contributed by atoms with Crippen molar-refractivity contribution in [3.63, 3.8) is 0 Å². The van der Waals surface area contributed by atoms with Gasteiger partial charge in [0.15, 0.2) is 0 Å². The normalized spacial score (nSPS) is 15.1. The summed E-state index contributed by atoms with van der Waals surface area (Å²) in [5.74, 6) is 0.579. The molecular formula is C22H24N4OS. The number of carbonyl (C=O) groups is 1. The molecule has 1 aliphatic heterocycles. The summed E-state index contributed by atoms with van der Waals surface area (Å²) in [7, 11) is 0. The van der Waals surface area contributed by atoms with Gasteiger partial charge in [-0.2, -0.15) is 5.10 Å². The lowest BCUT2D eigenvalue weighted by atomic mass is 10.1. The number of aryl methyl sites for hydroxylation is 1. The van der Waals surface area contributed by atoms with Gasteiger partial charge in [-0.25, -0.2) is 0 Å². The van der Waals surface area contributed by atoms with Gasteiger partial charge in [0.2, 0.25) is 5.91 Å². The monoisotopic (exact) mass is 392 g/mol. The summed E-state index contributed by atoms with van der Waals surface area (Å²) in [6.45, 7) is 6.47. The summed E-state index contributed by atoms with van der Waals surface area (Å²) in [5.41, 5.74) is 2.63. The van der Waals surface area contributed by atoms with Crippen molar-refractivity contribution in [3.8, 4) is 0 Å². The molecule has 5 nitrogen and oxygen atoms in total. The van der Waals surface area contributed by atoms with Crippen LogP contribution in [0.2, 0.25) is 0 Å². The van der Waals surface area contributed by atoms with Crippen molar-refractivity contribution in [1.29, 1.82) is 0 Å². The van der Waals surface area contributed by atoms with Crippen molar-refractivity contribution in [2.45, 2.75) is 18.5 Å². The summed E-state index contributed by atoms with van der Waals surface area (Å²) < 4.78 is 0. The molecule has 6 heteroatoms. The molecule has 4 rings (SSSR count). The van der Waals surface area contributed by atoms with Crippen molar-refractivity contribution < 1.29 is 4.79 Å². The number of carbonyl (C=O) groups excluding carboxylic acids is 1. The van der Waals surface area contributed by atoms with Crippen LogP contribution in [0, 0.1) is 6.92 Å². The van der Waals surface area contributed by atoms with E-state index in [1.54, 1.807) is 6.20 Å². The second-order valence-corrected chi connectivity index (χ2v) is 8.14. The quantitative estimate of drug-likeness (QED) is 0.623. The third-order valence-corrected chi connectivity index (χ3v) is 6.05. The van der Waals surface area contributed by atoms with Crippen LogP contribution in [0.4, 0.5) is 0 Å². The molecule has 28 heavy (non-hydrogen) atoms. The first-order chi connectivity index (χ1) is 13.7. The number of hydrogen-bond donors (Lipinski definition) is 0. The molecule has 2 aromatic carbocycles. The summed E-state index contributed by atoms with van der Waals surface area (Å²) in [5, 5.41) is 11.2. The summed E-state index contributed by atoms with van der Waals surface area (Å²) in [4.78, 5) is 17.0. The molecule has 1 aliphatic rings. The Hall–Kier alpha value is -2.44. The molecule has 0 radical (unpaired) electrons. The molecule has 0 spiro atoms. The Balaban J connectivity index is 1.29. The zero-order valence-corrected chi connectivity index (χ0v) is 16.9. The standard InChI is InChI=1S/C22H24N4OS/c1-17-5-4-6-18(13-17)15-25-9-11-26(12-10-25)21(27)16-28-22-20-8-3-2-7-19(20)14-23-24-22/h2-8,13-14H,9-12,15-16H2,1H3. The Bertz CT molecular complexity index is 964. The second-order valence-electron chi connectivity index (χ2n) is 7.17. The fraction of sp³-hybridized carbons (Fsp3) is 0.318. The van der Waals surface area contributed by atoms with Gasteiger partial charge < -0.3 is 4.90 Å². The van der Waals surface area contributed by atoms with E-state index in [1.807, 2.05) is 29.2 Å². The Morgan fingerprint density at radius 2 is 1.89 bits per heavy atom. The van der Waals surface area contributed by atoms with E-state index in [2.05, 4.69) is 46.3 Å². The third-order valence-electron chi connectivity index (χ3n) is 5.08. The predicted molar refractivity (Wildman–Crippen MR) is 113 cm³/mol. The summed E-state index contributed by atoms with van der Waals surface area (Å²) in [6.07, 6.45) is 1.76. The Morgan fingerprint density at radius 3 is 2.71 bits per heavy atom. The largest absolute Gasteiger partial charge is 0.339 e. The van der Waals surface area contributed by atoms with Crippen molar-refractivity contribution in [1.82, 2.24) is 20.0 Å². The highest BCUT2D eigenvalue weighted by Gasteiger charge is 2.21. The average Bonchev–Trinajstić information content (AvgIpc) is 2.72. The van der Waals surface area contributed by atoms with Crippen LogP contribution in [0.25, 0.3) is 10.8 Å². The molecule has 0 saturated carbocycles. The molecule has 1 aromatic heterocycles. The molecule has 1 fully saturated rings. The molecule has 1 amide bonds. The summed E-state index contributed by atoms with van der Waals surface area (Å²) >= 11 is 1.48. The predicted octanol–water partition coefficient (Wildman–Crippen LogP) is 3.37. The van der Waals surface area contributed by atoms with Crippen molar-refractivity contribution >= 4 is 28.4 Å². The van der Waals surface area contributed by atoms with Crippen LogP contribution >= 0.6 is 11.8 Å². The van der Waals surface area contributed by atoms with Crippen LogP contribution in [0.1, 0.15) is 11.1 Å². The number of piperazine rings is 1. The zero-order valence-electron chi connectivity index (χ0n) is 16.0. The van der Waals surface area contributed by atoms with Crippen LogP contribution < -0.4 is 0 Å². The molecule has 3 aromatic rings. The number of nitrogens with zero attached hydrogens (tertiary/aromatic N) is 4. The number of rotatable bonds is 5. The second kappa shape index (κ2) is 8.71. The Labute approximate surface area is 169 Å². The van der Waals surface area contributed by atoms with Gasteiger partial charge in [0.1, 0.15) is 5.03 Å². The van der Waals surface area contributed by atoms with Gasteiger partial charge in [0, 0.05) is 43.5 Å². The van der Waals surface area contributed by atoms with E-state index < -0.39 is 0 Å². The lowest BCUT2D eigenvalue weighted by molar-refractivity contribution is -0.130. The average molecular weight is 393 g/mol. The molecular weight excluding hydrogens is 368 g/mol. The first kappa shape index (κ1) is 18.9. The molecule has 144 valence electrons. The maximum atomic E-state index is 12.7. The fourth-order valence-corrected chi connectivity index (χ4v) is 4.44. The lowest BCUT2D eigenvalue weighted by Crippen LogP contribution is -2.48. The van der Waals surface area contributed by atoms with E-state index >= 15 is 0 Å². The number of amides is 1. The van der Waals surface area contributed by atoms with Crippen LogP contribution in [0.3, 0.4) is 0 Å². The van der Waals surface area contributed by atoms with E-state index in [4.69, 9.17) is 0 Å². The third kappa shape index (κ3) is 4.51. The van der Waals surface area contributed by atoms with E-state index in [9.17, 15) is 4.79 Å². The molecule has 0 atom stereocenters. The van der Waals surface area contributed by atoms with Gasteiger partial charge >= 0.3 is 0 Å². The smallest absolute Gasteiger partial charge is 0.233 e. The van der Waals surface area contributed by atoms with E-state index in [0.717, 1.165) is 48.5 Å². The zero-order chi connectivity index (χ0) is 19.3. The Morgan fingerprint density at radius 1 is 1.07 bits per heavy atom. The van der Waals surface area contributed by atoms with E-state index in [0.29, 0.717) is 5.75 Å². The highest BCUT2D eigenvalue weighted by molar-refractivity contribution is 8.00. The minimum atomic E-state index is 0.176. The Kier molecular flexibility index (Phi) is 5.88.